The van der Waals surface area contributed by atoms with Crippen LogP contribution in [0.15, 0.2) is 0 Å². The van der Waals surface area contributed by atoms with Crippen molar-refractivity contribution in [1.29, 1.82) is 0 Å². The quantitative estimate of drug-likeness (QED) is 0.459. The van der Waals surface area contributed by atoms with E-state index in [1.54, 1.807) is 0 Å². The highest BCUT2D eigenvalue weighted by Crippen LogP contribution is 2.42. The molecule has 2 N–H and O–H groups in total. The maximum Gasteiger partial charge on any atom is 0.365 e. The average Bonchev–Trinajstić information content (AvgIpc) is 1.82. The van der Waals surface area contributed by atoms with Crippen LogP contribution in [0.3, 0.4) is 0 Å². The van der Waals surface area contributed by atoms with E-state index in [0.717, 1.165) is 6.92 Å². The number of esters is 1. The monoisotopic (exact) mass is 274 g/mol. The van der Waals surface area contributed by atoms with Gasteiger partial charge in [0, 0.05) is 0 Å². The van der Waals surface area contributed by atoms with Crippen molar-refractivity contribution in [3.63, 3.8) is 0 Å². The first-order chi connectivity index (χ1) is 5.55. The van der Waals surface area contributed by atoms with Crippen molar-refractivity contribution in [3.05, 3.63) is 0 Å². The Kier molecular flexibility index (Phi) is 4.12. The molecule has 1 unspecified atom stereocenters. The zero-order valence-corrected chi connectivity index (χ0v) is 10.0. The number of alkyl halides is 1. The second kappa shape index (κ2) is 4.09. The maximum atomic E-state index is 11.1. The second-order valence-corrected chi connectivity index (χ2v) is 6.95. The van der Waals surface area contributed by atoms with Crippen LogP contribution in [-0.4, -0.2) is 25.9 Å². The van der Waals surface area contributed by atoms with E-state index < -0.39 is 23.7 Å². The minimum Gasteiger partial charge on any atom is -0.449 e. The SMILES string of the molecule is CC(OC(=O)C(C)(C)Br)P(=O)(O)O. The Balaban J connectivity index is 4.33. The largest absolute Gasteiger partial charge is 0.449 e. The van der Waals surface area contributed by atoms with Gasteiger partial charge in [0.15, 0.2) is 5.85 Å². The van der Waals surface area contributed by atoms with Crippen molar-refractivity contribution in [3.8, 4) is 0 Å². The zero-order chi connectivity index (χ0) is 10.9. The lowest BCUT2D eigenvalue weighted by molar-refractivity contribution is -0.147. The summed E-state index contributed by atoms with van der Waals surface area (Å²) in [4.78, 5) is 28.3. The third kappa shape index (κ3) is 4.76. The van der Waals surface area contributed by atoms with E-state index in [1.807, 2.05) is 0 Å². The molecular formula is C6H12BrO5P. The fraction of sp³-hybridized carbons (Fsp3) is 0.833. The molecule has 0 radical (unpaired) electrons. The molecule has 13 heavy (non-hydrogen) atoms. The molecule has 0 aliphatic heterocycles. The van der Waals surface area contributed by atoms with E-state index >= 15 is 0 Å². The first-order valence-corrected chi connectivity index (χ1v) is 5.98. The standard InChI is InChI=1S/C6H12BrO5P/c1-4(13(9,10)11)12-5(8)6(2,3)7/h4H,1-3H3,(H2,9,10,11). The lowest BCUT2D eigenvalue weighted by Gasteiger charge is -2.19. The van der Waals surface area contributed by atoms with Crippen LogP contribution in [-0.2, 0) is 14.1 Å². The van der Waals surface area contributed by atoms with Gasteiger partial charge in [0.1, 0.15) is 4.32 Å². The second-order valence-electron chi connectivity index (χ2n) is 3.07. The summed E-state index contributed by atoms with van der Waals surface area (Å²) in [5, 5.41) is 0. The minimum atomic E-state index is -4.34. The van der Waals surface area contributed by atoms with Gasteiger partial charge >= 0.3 is 13.6 Å². The Morgan fingerprint density at radius 1 is 1.54 bits per heavy atom. The van der Waals surface area contributed by atoms with E-state index in [9.17, 15) is 9.36 Å². The lowest BCUT2D eigenvalue weighted by atomic mass is 10.2. The molecule has 0 aliphatic rings. The fourth-order valence-corrected chi connectivity index (χ4v) is 0.690. The number of hydrogen-bond donors (Lipinski definition) is 2. The molecule has 78 valence electrons. The van der Waals surface area contributed by atoms with Crippen LogP contribution in [0, 0.1) is 0 Å². The number of carbonyl (C=O) groups is 1. The molecular weight excluding hydrogens is 263 g/mol. The van der Waals surface area contributed by atoms with Crippen molar-refractivity contribution in [2.45, 2.75) is 30.9 Å². The molecule has 0 spiro atoms. The van der Waals surface area contributed by atoms with Crippen molar-refractivity contribution in [2.75, 3.05) is 0 Å². The van der Waals surface area contributed by atoms with Gasteiger partial charge in [-0.3, -0.25) is 9.36 Å². The summed E-state index contributed by atoms with van der Waals surface area (Å²) in [7, 11) is -4.34. The Hall–Kier alpha value is 0.1000. The molecule has 0 saturated carbocycles. The molecule has 7 heteroatoms. The van der Waals surface area contributed by atoms with Crippen LogP contribution >= 0.6 is 23.5 Å². The highest BCUT2D eigenvalue weighted by Gasteiger charge is 2.33. The normalized spacial score (nSPS) is 15.2. The summed E-state index contributed by atoms with van der Waals surface area (Å²) >= 11 is 3.01. The number of hydrogen-bond acceptors (Lipinski definition) is 3. The van der Waals surface area contributed by atoms with Gasteiger partial charge in [-0.1, -0.05) is 15.9 Å². The van der Waals surface area contributed by atoms with Gasteiger partial charge < -0.3 is 14.5 Å². The Morgan fingerprint density at radius 2 is 1.92 bits per heavy atom. The Labute approximate surface area is 84.8 Å². The zero-order valence-electron chi connectivity index (χ0n) is 7.52. The summed E-state index contributed by atoms with van der Waals surface area (Å²) in [6.07, 6.45) is 0. The predicted molar refractivity (Wildman–Crippen MR) is 50.6 cm³/mol. The minimum absolute atomic E-state index is 0.705. The van der Waals surface area contributed by atoms with Crippen molar-refractivity contribution < 1.29 is 23.9 Å². The molecule has 0 heterocycles. The Morgan fingerprint density at radius 3 is 2.15 bits per heavy atom. The summed E-state index contributed by atoms with van der Waals surface area (Å²) in [5.74, 6) is -2.11. The first-order valence-electron chi connectivity index (χ1n) is 3.50. The average molecular weight is 275 g/mol. The van der Waals surface area contributed by atoms with Crippen LogP contribution in [0.5, 0.6) is 0 Å². The summed E-state index contributed by atoms with van der Waals surface area (Å²) in [6, 6.07) is 0. The van der Waals surface area contributed by atoms with Gasteiger partial charge in [-0.25, -0.2) is 0 Å². The predicted octanol–water partition coefficient (Wildman–Crippen LogP) is 1.23. The molecule has 0 rings (SSSR count). The van der Waals surface area contributed by atoms with E-state index in [4.69, 9.17) is 9.79 Å². The molecule has 1 atom stereocenters. The first kappa shape index (κ1) is 13.1. The van der Waals surface area contributed by atoms with Crippen molar-refractivity contribution >= 4 is 29.5 Å². The van der Waals surface area contributed by atoms with Crippen LogP contribution < -0.4 is 0 Å². The lowest BCUT2D eigenvalue weighted by Crippen LogP contribution is -2.29. The van der Waals surface area contributed by atoms with E-state index in [1.165, 1.54) is 13.8 Å². The maximum absolute atomic E-state index is 11.1. The van der Waals surface area contributed by atoms with Crippen LogP contribution in [0.1, 0.15) is 20.8 Å². The molecule has 0 bridgehead atoms. The number of ether oxygens (including phenoxy) is 1. The van der Waals surface area contributed by atoms with E-state index in [0.29, 0.717) is 0 Å². The topological polar surface area (TPSA) is 83.8 Å². The van der Waals surface area contributed by atoms with Gasteiger partial charge in [0.2, 0.25) is 0 Å². The molecule has 0 saturated heterocycles. The van der Waals surface area contributed by atoms with E-state index in [-0.39, 0.29) is 0 Å². The molecule has 0 aliphatic carbocycles. The van der Waals surface area contributed by atoms with Crippen LogP contribution in [0.4, 0.5) is 0 Å². The Bertz CT molecular complexity index is 240. The van der Waals surface area contributed by atoms with Gasteiger partial charge in [-0.15, -0.1) is 0 Å². The highest BCUT2D eigenvalue weighted by atomic mass is 79.9. The molecule has 0 amide bonds. The smallest absolute Gasteiger partial charge is 0.365 e. The molecule has 0 aromatic carbocycles. The van der Waals surface area contributed by atoms with Crippen LogP contribution in [0.25, 0.3) is 0 Å². The van der Waals surface area contributed by atoms with Crippen molar-refractivity contribution in [2.24, 2.45) is 0 Å². The highest BCUT2D eigenvalue weighted by molar-refractivity contribution is 9.10. The third-order valence-electron chi connectivity index (χ3n) is 1.24. The summed E-state index contributed by atoms with van der Waals surface area (Å²) in [6.45, 7) is 4.21. The van der Waals surface area contributed by atoms with Crippen LogP contribution in [0.2, 0.25) is 0 Å². The van der Waals surface area contributed by atoms with Gasteiger partial charge in [0.25, 0.3) is 0 Å². The van der Waals surface area contributed by atoms with Gasteiger partial charge in [-0.05, 0) is 20.8 Å². The molecule has 5 nitrogen and oxygen atoms in total. The number of halogens is 1. The summed E-state index contributed by atoms with van der Waals surface area (Å²) < 4.78 is 14.2. The third-order valence-corrected chi connectivity index (χ3v) is 2.61. The summed E-state index contributed by atoms with van der Waals surface area (Å²) in [5.41, 5.74) is 0. The van der Waals surface area contributed by atoms with Gasteiger partial charge in [0.05, 0.1) is 0 Å². The molecule has 0 fully saturated rings. The number of carbonyl (C=O) groups excluding carboxylic acids is 1. The van der Waals surface area contributed by atoms with E-state index in [2.05, 4.69) is 20.7 Å². The fourth-order valence-electron chi connectivity index (χ4n) is 0.364. The molecule has 0 aromatic heterocycles. The van der Waals surface area contributed by atoms with Crippen molar-refractivity contribution in [1.82, 2.24) is 0 Å². The molecule has 0 aromatic rings. The van der Waals surface area contributed by atoms with Gasteiger partial charge in [-0.2, -0.15) is 0 Å². The number of rotatable bonds is 3.